The van der Waals surface area contributed by atoms with E-state index < -0.39 is 22.1 Å². The highest BCUT2D eigenvalue weighted by atomic mass is 32.2. The fourth-order valence-electron chi connectivity index (χ4n) is 2.09. The van der Waals surface area contributed by atoms with E-state index in [9.17, 15) is 13.2 Å². The highest BCUT2D eigenvalue weighted by Gasteiger charge is 2.22. The summed E-state index contributed by atoms with van der Waals surface area (Å²) in [5.41, 5.74) is 1.55. The normalized spacial score (nSPS) is 20.8. The van der Waals surface area contributed by atoms with Crippen LogP contribution < -0.4 is 4.83 Å². The summed E-state index contributed by atoms with van der Waals surface area (Å²) in [6.45, 7) is 2.21. The molecule has 1 aromatic rings. The van der Waals surface area contributed by atoms with Gasteiger partial charge in [-0.3, -0.25) is 4.79 Å². The number of nitrogens with one attached hydrogen (secondary N) is 1. The van der Waals surface area contributed by atoms with E-state index in [0.29, 0.717) is 25.2 Å². The number of sulfonamides is 1. The van der Waals surface area contributed by atoms with Crippen molar-refractivity contribution in [3.8, 4) is 0 Å². The first-order valence-corrected chi connectivity index (χ1v) is 8.32. The number of hydrazone groups is 1. The van der Waals surface area contributed by atoms with Gasteiger partial charge in [0.1, 0.15) is 0 Å². The molecule has 0 saturated carbocycles. The molecule has 8 heteroatoms. The Morgan fingerprint density at radius 3 is 2.73 bits per heavy atom. The van der Waals surface area contributed by atoms with Crippen LogP contribution in [-0.4, -0.2) is 37.9 Å². The number of aliphatic carboxylic acids is 1. The Balaban J connectivity index is 2.03. The molecule has 1 aliphatic heterocycles. The molecule has 2 rings (SSSR count). The molecule has 2 N–H and O–H groups in total. The second-order valence-electron chi connectivity index (χ2n) is 5.13. The van der Waals surface area contributed by atoms with Crippen LogP contribution in [0.1, 0.15) is 24.8 Å². The molecule has 0 spiro atoms. The third kappa shape index (κ3) is 4.54. The monoisotopic (exact) mass is 326 g/mol. The molecule has 0 amide bonds. The zero-order valence-electron chi connectivity index (χ0n) is 12.2. The minimum Gasteiger partial charge on any atom is -0.481 e. The fraction of sp³-hybridized carbons (Fsp3) is 0.429. The number of carbonyl (C=O) groups is 1. The molecule has 1 aromatic carbocycles. The van der Waals surface area contributed by atoms with Gasteiger partial charge >= 0.3 is 5.97 Å². The summed E-state index contributed by atoms with van der Waals surface area (Å²) in [5, 5.41) is 12.7. The van der Waals surface area contributed by atoms with Crippen molar-refractivity contribution in [2.24, 2.45) is 5.10 Å². The van der Waals surface area contributed by atoms with Crippen molar-refractivity contribution in [2.45, 2.75) is 37.2 Å². The molecule has 22 heavy (non-hydrogen) atoms. The molecule has 1 heterocycles. The Labute approximate surface area is 129 Å². The van der Waals surface area contributed by atoms with Gasteiger partial charge in [-0.05, 0) is 19.1 Å². The summed E-state index contributed by atoms with van der Waals surface area (Å²) >= 11 is 0. The van der Waals surface area contributed by atoms with E-state index >= 15 is 0 Å². The van der Waals surface area contributed by atoms with Gasteiger partial charge in [-0.15, -0.1) is 0 Å². The maximum Gasteiger partial charge on any atom is 0.305 e. The fourth-order valence-corrected chi connectivity index (χ4v) is 2.94. The molecule has 0 bridgehead atoms. The number of carboxylic acid groups (broad SMARTS) is 1. The largest absolute Gasteiger partial charge is 0.481 e. The molecule has 120 valence electrons. The van der Waals surface area contributed by atoms with E-state index in [1.54, 1.807) is 12.1 Å². The van der Waals surface area contributed by atoms with Crippen LogP contribution in [0.15, 0.2) is 34.3 Å². The number of carboxylic acids is 1. The molecule has 1 aliphatic rings. The van der Waals surface area contributed by atoms with E-state index in [1.165, 1.54) is 12.1 Å². The van der Waals surface area contributed by atoms with E-state index in [0.717, 1.165) is 5.56 Å². The molecular weight excluding hydrogens is 308 g/mol. The lowest BCUT2D eigenvalue weighted by atomic mass is 10.0. The minimum absolute atomic E-state index is 0.121. The predicted molar refractivity (Wildman–Crippen MR) is 80.2 cm³/mol. The zero-order chi connectivity index (χ0) is 16.2. The number of nitrogens with zero attached hydrogens (tertiary/aromatic N) is 1. The lowest BCUT2D eigenvalue weighted by molar-refractivity contribution is -0.140. The molecule has 1 unspecified atom stereocenters. The number of benzene rings is 1. The molecule has 1 fully saturated rings. The Hall–Kier alpha value is -1.93. The van der Waals surface area contributed by atoms with Crippen molar-refractivity contribution in [1.82, 2.24) is 4.83 Å². The number of ether oxygens (including phenoxy) is 1. The van der Waals surface area contributed by atoms with Gasteiger partial charge in [0.15, 0.2) is 0 Å². The van der Waals surface area contributed by atoms with Gasteiger partial charge in [0.05, 0.1) is 24.0 Å². The third-order valence-electron chi connectivity index (χ3n) is 3.27. The van der Waals surface area contributed by atoms with E-state index in [-0.39, 0.29) is 11.3 Å². The van der Waals surface area contributed by atoms with Crippen LogP contribution in [0, 0.1) is 6.92 Å². The van der Waals surface area contributed by atoms with Gasteiger partial charge in [0.2, 0.25) is 0 Å². The van der Waals surface area contributed by atoms with Gasteiger partial charge in [-0.25, -0.2) is 4.83 Å². The van der Waals surface area contributed by atoms with Crippen LogP contribution in [0.2, 0.25) is 0 Å². The maximum atomic E-state index is 12.1. The topological polar surface area (TPSA) is 105 Å². The van der Waals surface area contributed by atoms with Gasteiger partial charge in [0.25, 0.3) is 10.0 Å². The number of hydrogen-bond donors (Lipinski definition) is 2. The zero-order valence-corrected chi connectivity index (χ0v) is 13.0. The van der Waals surface area contributed by atoms with Crippen molar-refractivity contribution >= 4 is 21.7 Å². The number of aryl methyl sites for hydroxylation is 1. The van der Waals surface area contributed by atoms with Crippen molar-refractivity contribution in [3.05, 3.63) is 29.8 Å². The van der Waals surface area contributed by atoms with E-state index in [1.807, 2.05) is 6.92 Å². The summed E-state index contributed by atoms with van der Waals surface area (Å²) in [6, 6.07) is 6.43. The summed E-state index contributed by atoms with van der Waals surface area (Å²) in [6.07, 6.45) is 0.202. The quantitative estimate of drug-likeness (QED) is 0.793. The van der Waals surface area contributed by atoms with Crippen molar-refractivity contribution in [1.29, 1.82) is 0 Å². The third-order valence-corrected chi connectivity index (χ3v) is 4.49. The van der Waals surface area contributed by atoms with E-state index in [4.69, 9.17) is 9.84 Å². The summed E-state index contributed by atoms with van der Waals surface area (Å²) < 4.78 is 29.5. The van der Waals surface area contributed by atoms with Crippen LogP contribution in [-0.2, 0) is 19.6 Å². The summed E-state index contributed by atoms with van der Waals surface area (Å²) in [7, 11) is -3.71. The summed E-state index contributed by atoms with van der Waals surface area (Å²) in [4.78, 5) is 13.0. The van der Waals surface area contributed by atoms with Gasteiger partial charge < -0.3 is 9.84 Å². The smallest absolute Gasteiger partial charge is 0.305 e. The first-order valence-electron chi connectivity index (χ1n) is 6.84. The van der Waals surface area contributed by atoms with Crippen LogP contribution >= 0.6 is 0 Å². The minimum atomic E-state index is -3.71. The van der Waals surface area contributed by atoms with Crippen molar-refractivity contribution in [2.75, 3.05) is 6.61 Å². The molecular formula is C14H18N2O5S. The highest BCUT2D eigenvalue weighted by Crippen LogP contribution is 2.15. The Morgan fingerprint density at radius 2 is 2.09 bits per heavy atom. The molecule has 0 aliphatic carbocycles. The van der Waals surface area contributed by atoms with Crippen molar-refractivity contribution in [3.63, 3.8) is 0 Å². The van der Waals surface area contributed by atoms with Gasteiger partial charge in [-0.2, -0.15) is 13.5 Å². The Bertz CT molecular complexity index is 667. The molecule has 7 nitrogen and oxygen atoms in total. The van der Waals surface area contributed by atoms with Crippen LogP contribution in [0.25, 0.3) is 0 Å². The maximum absolute atomic E-state index is 12.1. The van der Waals surface area contributed by atoms with E-state index in [2.05, 4.69) is 9.93 Å². The van der Waals surface area contributed by atoms with Gasteiger partial charge in [-0.1, -0.05) is 17.7 Å². The second kappa shape index (κ2) is 6.89. The molecule has 0 aromatic heterocycles. The standard InChI is InChI=1S/C14H18N2O5S/c1-10-2-4-13(5-3-10)22(19,20)16-15-11-6-7-21-12(8-11)9-14(17)18/h2-5,12,16H,6-9H2,1H3,(H,17,18). The Kier molecular flexibility index (Phi) is 5.15. The number of rotatable bonds is 5. The lowest BCUT2D eigenvalue weighted by Crippen LogP contribution is -2.30. The molecule has 1 saturated heterocycles. The molecule has 0 radical (unpaired) electrons. The first kappa shape index (κ1) is 16.4. The SMILES string of the molecule is Cc1ccc(S(=O)(=O)NN=C2CCOC(CC(=O)O)C2)cc1. The predicted octanol–water partition coefficient (Wildman–Crippen LogP) is 1.28. The first-order chi connectivity index (χ1) is 10.4. The average molecular weight is 326 g/mol. The van der Waals surface area contributed by atoms with Crippen molar-refractivity contribution < 1.29 is 23.1 Å². The lowest BCUT2D eigenvalue weighted by Gasteiger charge is -2.22. The average Bonchev–Trinajstić information content (AvgIpc) is 2.45. The van der Waals surface area contributed by atoms with Crippen LogP contribution in [0.4, 0.5) is 0 Å². The summed E-state index contributed by atoms with van der Waals surface area (Å²) in [5.74, 6) is -0.952. The highest BCUT2D eigenvalue weighted by molar-refractivity contribution is 7.89. The van der Waals surface area contributed by atoms with Gasteiger partial charge in [0, 0.05) is 18.6 Å². The van der Waals surface area contributed by atoms with Crippen LogP contribution in [0.5, 0.6) is 0 Å². The number of hydrogen-bond acceptors (Lipinski definition) is 5. The molecule has 1 atom stereocenters. The Morgan fingerprint density at radius 1 is 1.41 bits per heavy atom. The second-order valence-corrected chi connectivity index (χ2v) is 6.79. The van der Waals surface area contributed by atoms with Crippen LogP contribution in [0.3, 0.4) is 0 Å².